The zero-order valence-electron chi connectivity index (χ0n) is 7.58. The predicted molar refractivity (Wildman–Crippen MR) is 45.6 cm³/mol. The molecule has 2 atom stereocenters. The second-order valence-electron chi connectivity index (χ2n) is 2.89. The standard InChI is InChI=1S/C8H17NO3/c1-3-6(2)8(12)9-4-7(11)5-10/h6-7,10-11H,3-5H2,1-2H3,(H,9,12). The highest BCUT2D eigenvalue weighted by Crippen LogP contribution is 1.99. The minimum Gasteiger partial charge on any atom is -0.394 e. The zero-order valence-corrected chi connectivity index (χ0v) is 7.58. The molecule has 0 spiro atoms. The van der Waals surface area contributed by atoms with Gasteiger partial charge < -0.3 is 15.5 Å². The Morgan fingerprint density at radius 3 is 2.58 bits per heavy atom. The summed E-state index contributed by atoms with van der Waals surface area (Å²) in [5.41, 5.74) is 0. The van der Waals surface area contributed by atoms with Gasteiger partial charge in [-0.25, -0.2) is 0 Å². The van der Waals surface area contributed by atoms with Crippen LogP contribution in [0.4, 0.5) is 0 Å². The third-order valence-corrected chi connectivity index (χ3v) is 1.78. The summed E-state index contributed by atoms with van der Waals surface area (Å²) in [5.74, 6) is -0.110. The lowest BCUT2D eigenvalue weighted by molar-refractivity contribution is -0.125. The van der Waals surface area contributed by atoms with Gasteiger partial charge >= 0.3 is 0 Å². The fourth-order valence-electron chi connectivity index (χ4n) is 0.643. The minimum absolute atomic E-state index is 0.0316. The van der Waals surface area contributed by atoms with Crippen molar-refractivity contribution in [3.8, 4) is 0 Å². The van der Waals surface area contributed by atoms with Gasteiger partial charge in [0, 0.05) is 12.5 Å². The molecule has 0 heterocycles. The highest BCUT2D eigenvalue weighted by Gasteiger charge is 2.11. The van der Waals surface area contributed by atoms with E-state index in [0.29, 0.717) is 0 Å². The molecule has 0 saturated carbocycles. The molecule has 0 radical (unpaired) electrons. The van der Waals surface area contributed by atoms with Gasteiger partial charge in [-0.1, -0.05) is 13.8 Å². The van der Waals surface area contributed by atoms with E-state index in [-0.39, 0.29) is 25.0 Å². The summed E-state index contributed by atoms with van der Waals surface area (Å²) in [4.78, 5) is 11.1. The number of rotatable bonds is 5. The molecule has 0 aromatic carbocycles. The number of amides is 1. The van der Waals surface area contributed by atoms with E-state index in [4.69, 9.17) is 10.2 Å². The first-order chi connectivity index (χ1) is 5.61. The first-order valence-electron chi connectivity index (χ1n) is 4.18. The highest BCUT2D eigenvalue weighted by atomic mass is 16.3. The van der Waals surface area contributed by atoms with E-state index in [9.17, 15) is 4.79 Å². The Hall–Kier alpha value is -0.610. The van der Waals surface area contributed by atoms with Crippen molar-refractivity contribution in [1.82, 2.24) is 5.32 Å². The molecule has 2 unspecified atom stereocenters. The lowest BCUT2D eigenvalue weighted by Gasteiger charge is -2.11. The third kappa shape index (κ3) is 4.31. The van der Waals surface area contributed by atoms with E-state index in [1.54, 1.807) is 0 Å². The molecule has 0 aliphatic carbocycles. The molecule has 0 aromatic heterocycles. The minimum atomic E-state index is -0.849. The third-order valence-electron chi connectivity index (χ3n) is 1.78. The largest absolute Gasteiger partial charge is 0.394 e. The van der Waals surface area contributed by atoms with Gasteiger partial charge in [0.15, 0.2) is 0 Å². The summed E-state index contributed by atoms with van der Waals surface area (Å²) in [6.07, 6.45) is -0.0702. The van der Waals surface area contributed by atoms with Crippen LogP contribution >= 0.6 is 0 Å². The molecule has 0 saturated heterocycles. The molecule has 0 fully saturated rings. The van der Waals surface area contributed by atoms with Gasteiger partial charge in [0.2, 0.25) is 5.91 Å². The number of carbonyl (C=O) groups is 1. The van der Waals surface area contributed by atoms with Crippen LogP contribution in [0.3, 0.4) is 0 Å². The average Bonchev–Trinajstić information content (AvgIpc) is 2.11. The van der Waals surface area contributed by atoms with Crippen molar-refractivity contribution < 1.29 is 15.0 Å². The molecule has 0 aliphatic heterocycles. The Morgan fingerprint density at radius 1 is 1.58 bits per heavy atom. The zero-order chi connectivity index (χ0) is 9.56. The van der Waals surface area contributed by atoms with E-state index in [0.717, 1.165) is 6.42 Å². The van der Waals surface area contributed by atoms with Crippen LogP contribution in [0.5, 0.6) is 0 Å². The molecular formula is C8H17NO3. The first kappa shape index (κ1) is 11.4. The van der Waals surface area contributed by atoms with Crippen LogP contribution in [0, 0.1) is 5.92 Å². The molecule has 72 valence electrons. The molecule has 0 aromatic rings. The SMILES string of the molecule is CCC(C)C(=O)NCC(O)CO. The van der Waals surface area contributed by atoms with E-state index in [1.807, 2.05) is 13.8 Å². The van der Waals surface area contributed by atoms with Crippen LogP contribution in [0.2, 0.25) is 0 Å². The molecule has 1 amide bonds. The van der Waals surface area contributed by atoms with Gasteiger partial charge in [0.1, 0.15) is 0 Å². The molecule has 0 rings (SSSR count). The molecule has 4 nitrogen and oxygen atoms in total. The first-order valence-corrected chi connectivity index (χ1v) is 4.18. The lowest BCUT2D eigenvalue weighted by atomic mass is 10.1. The summed E-state index contributed by atoms with van der Waals surface area (Å²) in [6, 6.07) is 0. The second-order valence-corrected chi connectivity index (χ2v) is 2.89. The summed E-state index contributed by atoms with van der Waals surface area (Å²) >= 11 is 0. The normalized spacial score (nSPS) is 15.3. The van der Waals surface area contributed by atoms with E-state index < -0.39 is 6.10 Å². The summed E-state index contributed by atoms with van der Waals surface area (Å²) in [7, 11) is 0. The van der Waals surface area contributed by atoms with Gasteiger partial charge in [-0.05, 0) is 6.42 Å². The maximum atomic E-state index is 11.1. The number of aliphatic hydroxyl groups is 2. The van der Waals surface area contributed by atoms with Crippen LogP contribution in [0.1, 0.15) is 20.3 Å². The maximum absolute atomic E-state index is 11.1. The lowest BCUT2D eigenvalue weighted by Crippen LogP contribution is -2.36. The second kappa shape index (κ2) is 5.97. The fraction of sp³-hybridized carbons (Fsp3) is 0.875. The van der Waals surface area contributed by atoms with Crippen molar-refractivity contribution in [3.63, 3.8) is 0 Å². The highest BCUT2D eigenvalue weighted by molar-refractivity contribution is 5.78. The van der Waals surface area contributed by atoms with Gasteiger partial charge in [0.25, 0.3) is 0 Å². The summed E-state index contributed by atoms with van der Waals surface area (Å²) < 4.78 is 0. The molecule has 0 bridgehead atoms. The number of nitrogens with one attached hydrogen (secondary N) is 1. The summed E-state index contributed by atoms with van der Waals surface area (Å²) in [6.45, 7) is 3.55. The van der Waals surface area contributed by atoms with Crippen LogP contribution in [0.15, 0.2) is 0 Å². The van der Waals surface area contributed by atoms with Crippen LogP contribution in [-0.4, -0.2) is 35.4 Å². The van der Waals surface area contributed by atoms with Crippen LogP contribution < -0.4 is 5.32 Å². The number of hydrogen-bond donors (Lipinski definition) is 3. The van der Waals surface area contributed by atoms with Crippen molar-refractivity contribution in [2.24, 2.45) is 5.92 Å². The van der Waals surface area contributed by atoms with Crippen LogP contribution in [-0.2, 0) is 4.79 Å². The van der Waals surface area contributed by atoms with E-state index in [1.165, 1.54) is 0 Å². The van der Waals surface area contributed by atoms with Crippen LogP contribution in [0.25, 0.3) is 0 Å². The molecule has 3 N–H and O–H groups in total. The summed E-state index contributed by atoms with van der Waals surface area (Å²) in [5, 5.41) is 19.9. The number of hydrogen-bond acceptors (Lipinski definition) is 3. The van der Waals surface area contributed by atoms with Crippen molar-refractivity contribution in [3.05, 3.63) is 0 Å². The van der Waals surface area contributed by atoms with Crippen molar-refractivity contribution in [1.29, 1.82) is 0 Å². The number of aliphatic hydroxyl groups excluding tert-OH is 2. The van der Waals surface area contributed by atoms with E-state index in [2.05, 4.69) is 5.32 Å². The molecular weight excluding hydrogens is 158 g/mol. The van der Waals surface area contributed by atoms with Crippen molar-refractivity contribution >= 4 is 5.91 Å². The Labute approximate surface area is 72.6 Å². The molecule has 4 heteroatoms. The average molecular weight is 175 g/mol. The van der Waals surface area contributed by atoms with Crippen molar-refractivity contribution in [2.75, 3.05) is 13.2 Å². The van der Waals surface area contributed by atoms with Gasteiger partial charge in [-0.15, -0.1) is 0 Å². The Bertz CT molecular complexity index is 138. The quantitative estimate of drug-likeness (QED) is 0.527. The fourth-order valence-corrected chi connectivity index (χ4v) is 0.643. The van der Waals surface area contributed by atoms with Gasteiger partial charge in [0.05, 0.1) is 12.7 Å². The smallest absolute Gasteiger partial charge is 0.222 e. The Balaban J connectivity index is 3.56. The Kier molecular flexibility index (Phi) is 5.66. The monoisotopic (exact) mass is 175 g/mol. The van der Waals surface area contributed by atoms with Crippen molar-refractivity contribution in [2.45, 2.75) is 26.4 Å². The molecule has 12 heavy (non-hydrogen) atoms. The Morgan fingerprint density at radius 2 is 2.17 bits per heavy atom. The maximum Gasteiger partial charge on any atom is 0.222 e. The van der Waals surface area contributed by atoms with Gasteiger partial charge in [-0.3, -0.25) is 4.79 Å². The van der Waals surface area contributed by atoms with Gasteiger partial charge in [-0.2, -0.15) is 0 Å². The predicted octanol–water partition coefficient (Wildman–Crippen LogP) is -0.498. The topological polar surface area (TPSA) is 69.6 Å². The number of carbonyl (C=O) groups excluding carboxylic acids is 1. The molecule has 0 aliphatic rings. The van der Waals surface area contributed by atoms with E-state index >= 15 is 0 Å².